The van der Waals surface area contributed by atoms with Gasteiger partial charge in [-0.1, -0.05) is 6.07 Å². The van der Waals surface area contributed by atoms with Gasteiger partial charge in [0.2, 0.25) is 0 Å². The molecule has 18 heavy (non-hydrogen) atoms. The van der Waals surface area contributed by atoms with Gasteiger partial charge in [-0.3, -0.25) is 10.1 Å². The lowest BCUT2D eigenvalue weighted by molar-refractivity contribution is -0.384. The molecule has 0 heterocycles. The summed E-state index contributed by atoms with van der Waals surface area (Å²) in [4.78, 5) is 21.1. The van der Waals surface area contributed by atoms with Crippen LogP contribution < -0.4 is 5.32 Å². The Labute approximate surface area is 104 Å². The van der Waals surface area contributed by atoms with Gasteiger partial charge in [0.05, 0.1) is 11.5 Å². The Bertz CT molecular complexity index is 461. The van der Waals surface area contributed by atoms with Crippen LogP contribution in [0.25, 0.3) is 0 Å². The van der Waals surface area contributed by atoms with Gasteiger partial charge in [0.15, 0.2) is 0 Å². The fourth-order valence-corrected chi connectivity index (χ4v) is 1.41. The molecule has 0 spiro atoms. The molecule has 0 fully saturated rings. The smallest absolute Gasteiger partial charge is 0.328 e. The third kappa shape index (κ3) is 3.42. The molecular weight excluding hydrogens is 240 g/mol. The molecule has 1 unspecified atom stereocenters. The van der Waals surface area contributed by atoms with Crippen molar-refractivity contribution in [3.05, 3.63) is 33.9 Å². The average Bonchev–Trinajstić information content (AvgIpc) is 2.30. The number of hydrogen-bond acceptors (Lipinski definition) is 5. The monoisotopic (exact) mass is 254 g/mol. The van der Waals surface area contributed by atoms with E-state index in [9.17, 15) is 14.9 Å². The van der Waals surface area contributed by atoms with Gasteiger partial charge in [-0.25, -0.2) is 4.79 Å². The highest BCUT2D eigenvalue weighted by molar-refractivity contribution is 5.78. The summed E-state index contributed by atoms with van der Waals surface area (Å²) in [5.41, 5.74) is 1.04. The van der Waals surface area contributed by atoms with E-state index in [0.29, 0.717) is 5.69 Å². The molecule has 0 aromatic heterocycles. The number of methoxy groups -OCH3 is 1. The number of carboxylic acid groups (broad SMARTS) is 1. The van der Waals surface area contributed by atoms with E-state index in [1.807, 2.05) is 0 Å². The van der Waals surface area contributed by atoms with Gasteiger partial charge in [-0.15, -0.1) is 0 Å². The summed E-state index contributed by atoms with van der Waals surface area (Å²) < 4.78 is 4.78. The summed E-state index contributed by atoms with van der Waals surface area (Å²) in [7, 11) is 1.39. The van der Waals surface area contributed by atoms with Crippen molar-refractivity contribution < 1.29 is 19.6 Å². The Morgan fingerprint density at radius 1 is 1.61 bits per heavy atom. The lowest BCUT2D eigenvalue weighted by Gasteiger charge is -2.16. The van der Waals surface area contributed by atoms with Crippen LogP contribution in [0.15, 0.2) is 18.2 Å². The molecule has 0 saturated heterocycles. The number of nitrogens with one attached hydrogen (secondary N) is 1. The summed E-state index contributed by atoms with van der Waals surface area (Å²) in [6.07, 6.45) is 0. The molecule has 0 aliphatic heterocycles. The number of hydrogen-bond donors (Lipinski definition) is 2. The van der Waals surface area contributed by atoms with E-state index in [0.717, 1.165) is 5.56 Å². The maximum atomic E-state index is 10.9. The minimum atomic E-state index is -1.08. The van der Waals surface area contributed by atoms with Crippen molar-refractivity contribution in [3.8, 4) is 0 Å². The average molecular weight is 254 g/mol. The number of ether oxygens (including phenoxy) is 1. The first-order valence-corrected chi connectivity index (χ1v) is 5.19. The molecule has 0 radical (unpaired) electrons. The molecule has 0 aliphatic carbocycles. The largest absolute Gasteiger partial charge is 0.480 e. The normalized spacial score (nSPS) is 11.9. The second-order valence-corrected chi connectivity index (χ2v) is 3.75. The highest BCUT2D eigenvalue weighted by atomic mass is 16.6. The van der Waals surface area contributed by atoms with Crippen LogP contribution >= 0.6 is 0 Å². The van der Waals surface area contributed by atoms with Crippen LogP contribution in [-0.4, -0.2) is 35.8 Å². The second-order valence-electron chi connectivity index (χ2n) is 3.75. The maximum Gasteiger partial charge on any atom is 0.328 e. The molecule has 1 atom stereocenters. The van der Waals surface area contributed by atoms with Crippen molar-refractivity contribution in [3.63, 3.8) is 0 Å². The highest BCUT2D eigenvalue weighted by Crippen LogP contribution is 2.22. The van der Waals surface area contributed by atoms with Crippen LogP contribution in [0.1, 0.15) is 5.56 Å². The van der Waals surface area contributed by atoms with Crippen LogP contribution in [0, 0.1) is 17.0 Å². The third-order valence-electron chi connectivity index (χ3n) is 2.39. The highest BCUT2D eigenvalue weighted by Gasteiger charge is 2.19. The minimum Gasteiger partial charge on any atom is -0.480 e. The molecule has 2 N–H and O–H groups in total. The summed E-state index contributed by atoms with van der Waals surface area (Å²) in [5.74, 6) is -1.08. The molecule has 98 valence electrons. The summed E-state index contributed by atoms with van der Waals surface area (Å²) in [5, 5.41) is 22.3. The van der Waals surface area contributed by atoms with Gasteiger partial charge < -0.3 is 15.2 Å². The Morgan fingerprint density at radius 3 is 2.78 bits per heavy atom. The van der Waals surface area contributed by atoms with Gasteiger partial charge >= 0.3 is 5.97 Å². The van der Waals surface area contributed by atoms with Crippen molar-refractivity contribution >= 4 is 17.3 Å². The van der Waals surface area contributed by atoms with Gasteiger partial charge in [-0.2, -0.15) is 0 Å². The van der Waals surface area contributed by atoms with E-state index in [-0.39, 0.29) is 12.3 Å². The first kappa shape index (κ1) is 13.9. The van der Waals surface area contributed by atoms with Crippen molar-refractivity contribution in [2.75, 3.05) is 19.0 Å². The summed E-state index contributed by atoms with van der Waals surface area (Å²) >= 11 is 0. The zero-order valence-electron chi connectivity index (χ0n) is 10.0. The number of nitrogens with zero attached hydrogens (tertiary/aromatic N) is 1. The van der Waals surface area contributed by atoms with Crippen LogP contribution in [0.4, 0.5) is 11.4 Å². The fourth-order valence-electron chi connectivity index (χ4n) is 1.41. The Hall–Kier alpha value is -2.15. The van der Waals surface area contributed by atoms with Crippen molar-refractivity contribution in [2.45, 2.75) is 13.0 Å². The van der Waals surface area contributed by atoms with E-state index in [1.54, 1.807) is 13.0 Å². The summed E-state index contributed by atoms with van der Waals surface area (Å²) in [6, 6.07) is 3.29. The first-order valence-electron chi connectivity index (χ1n) is 5.19. The topological polar surface area (TPSA) is 102 Å². The number of carbonyl (C=O) groups is 1. The minimum absolute atomic E-state index is 0.0303. The van der Waals surface area contributed by atoms with Gasteiger partial charge in [0, 0.05) is 24.9 Å². The number of anilines is 1. The van der Waals surface area contributed by atoms with Gasteiger partial charge in [0.25, 0.3) is 5.69 Å². The van der Waals surface area contributed by atoms with Gasteiger partial charge in [0.1, 0.15) is 6.04 Å². The molecular formula is C11H14N2O5. The van der Waals surface area contributed by atoms with Crippen molar-refractivity contribution in [2.24, 2.45) is 0 Å². The number of carboxylic acids is 1. The number of rotatable bonds is 6. The standard InChI is InChI=1S/C11H14N2O5/c1-7-3-4-8(13(16)17)5-9(7)12-10(6-18-2)11(14)15/h3-5,10,12H,6H2,1-2H3,(H,14,15). The van der Waals surface area contributed by atoms with Crippen LogP contribution in [0.5, 0.6) is 0 Å². The van der Waals surface area contributed by atoms with E-state index < -0.39 is 16.9 Å². The predicted molar refractivity (Wildman–Crippen MR) is 64.8 cm³/mol. The van der Waals surface area contributed by atoms with Gasteiger partial charge in [-0.05, 0) is 12.5 Å². The molecule has 7 heteroatoms. The van der Waals surface area contributed by atoms with E-state index >= 15 is 0 Å². The molecule has 1 aromatic rings. The van der Waals surface area contributed by atoms with E-state index in [2.05, 4.69) is 5.32 Å². The van der Waals surface area contributed by atoms with Crippen LogP contribution in [0.3, 0.4) is 0 Å². The SMILES string of the molecule is COCC(Nc1cc([N+](=O)[O-])ccc1C)C(=O)O. The Kier molecular flexibility index (Phi) is 4.61. The number of aryl methyl sites for hydroxylation is 1. The Balaban J connectivity index is 2.97. The molecule has 1 aromatic carbocycles. The van der Waals surface area contributed by atoms with Crippen molar-refractivity contribution in [1.29, 1.82) is 0 Å². The number of nitro benzene ring substituents is 1. The quantitative estimate of drug-likeness (QED) is 0.588. The van der Waals surface area contributed by atoms with E-state index in [1.165, 1.54) is 19.2 Å². The zero-order valence-corrected chi connectivity index (χ0v) is 10.0. The second kappa shape index (κ2) is 5.97. The molecule has 7 nitrogen and oxygen atoms in total. The summed E-state index contributed by atoms with van der Waals surface area (Å²) in [6.45, 7) is 1.70. The van der Waals surface area contributed by atoms with Crippen LogP contribution in [0.2, 0.25) is 0 Å². The maximum absolute atomic E-state index is 10.9. The van der Waals surface area contributed by atoms with Crippen LogP contribution in [-0.2, 0) is 9.53 Å². The number of aliphatic carboxylic acids is 1. The van der Waals surface area contributed by atoms with E-state index in [4.69, 9.17) is 9.84 Å². The number of nitro groups is 1. The Morgan fingerprint density at radius 2 is 2.28 bits per heavy atom. The lowest BCUT2D eigenvalue weighted by Crippen LogP contribution is -2.33. The number of non-ortho nitro benzene ring substituents is 1. The fraction of sp³-hybridized carbons (Fsp3) is 0.364. The number of benzene rings is 1. The molecule has 0 saturated carbocycles. The third-order valence-corrected chi connectivity index (χ3v) is 2.39. The molecule has 0 aliphatic rings. The van der Waals surface area contributed by atoms with Crippen molar-refractivity contribution in [1.82, 2.24) is 0 Å². The molecule has 0 bridgehead atoms. The molecule has 1 rings (SSSR count). The predicted octanol–water partition coefficient (Wildman–Crippen LogP) is 1.41. The lowest BCUT2D eigenvalue weighted by atomic mass is 10.1. The zero-order chi connectivity index (χ0) is 13.7. The first-order chi connectivity index (χ1) is 8.45. The molecule has 0 amide bonds.